The average molecular weight is 336 g/mol. The standard InChI is InChI=1S/C20H32O4/c1-12-13-4-5-14-18(2)6-3-7-19(10-21,11-22)15(18)8-16(23)20(14,9-13)17(12)24/h13-17,21-24H,1,3-11H2,2H3/t13-,14+,15+,16+,17+,18+,20-/m1/s1. The number of aliphatic hydroxyl groups excluding tert-OH is 4. The molecule has 136 valence electrons. The van der Waals surface area contributed by atoms with Crippen molar-refractivity contribution in [2.24, 2.45) is 34.0 Å². The highest BCUT2D eigenvalue weighted by Crippen LogP contribution is 2.71. The molecule has 4 N–H and O–H groups in total. The fourth-order valence-corrected chi connectivity index (χ4v) is 7.67. The van der Waals surface area contributed by atoms with Gasteiger partial charge in [0.1, 0.15) is 0 Å². The minimum atomic E-state index is -0.609. The van der Waals surface area contributed by atoms with Crippen LogP contribution in [0, 0.1) is 34.0 Å². The van der Waals surface area contributed by atoms with Crippen LogP contribution in [0.2, 0.25) is 0 Å². The summed E-state index contributed by atoms with van der Waals surface area (Å²) in [4.78, 5) is 0. The third-order valence-corrected chi connectivity index (χ3v) is 8.87. The van der Waals surface area contributed by atoms with Crippen molar-refractivity contribution in [3.63, 3.8) is 0 Å². The minimum absolute atomic E-state index is 0.0198. The lowest BCUT2D eigenvalue weighted by molar-refractivity contribution is -0.233. The molecule has 0 aromatic carbocycles. The third kappa shape index (κ3) is 1.78. The molecule has 0 unspecified atom stereocenters. The summed E-state index contributed by atoms with van der Waals surface area (Å²) in [7, 11) is 0. The summed E-state index contributed by atoms with van der Waals surface area (Å²) in [6.45, 7) is 6.40. The second-order valence-corrected chi connectivity index (χ2v) is 9.46. The Morgan fingerprint density at radius 2 is 1.79 bits per heavy atom. The molecule has 4 aliphatic carbocycles. The second kappa shape index (κ2) is 5.29. The van der Waals surface area contributed by atoms with Gasteiger partial charge in [0.15, 0.2) is 0 Å². The summed E-state index contributed by atoms with van der Waals surface area (Å²) < 4.78 is 0. The van der Waals surface area contributed by atoms with Gasteiger partial charge in [0.05, 0.1) is 25.4 Å². The Morgan fingerprint density at radius 1 is 1.08 bits per heavy atom. The quantitative estimate of drug-likeness (QED) is 0.580. The van der Waals surface area contributed by atoms with Gasteiger partial charge in [-0.3, -0.25) is 0 Å². The third-order valence-electron chi connectivity index (χ3n) is 8.87. The number of hydrogen-bond donors (Lipinski definition) is 4. The van der Waals surface area contributed by atoms with Crippen LogP contribution in [0.25, 0.3) is 0 Å². The Hall–Kier alpha value is -0.420. The fraction of sp³-hybridized carbons (Fsp3) is 0.900. The van der Waals surface area contributed by atoms with Gasteiger partial charge in [-0.1, -0.05) is 19.9 Å². The van der Waals surface area contributed by atoms with Crippen molar-refractivity contribution in [2.45, 2.75) is 64.1 Å². The molecule has 4 fully saturated rings. The van der Waals surface area contributed by atoms with Gasteiger partial charge in [0, 0.05) is 10.8 Å². The molecule has 0 heterocycles. The van der Waals surface area contributed by atoms with Crippen molar-refractivity contribution in [3.05, 3.63) is 12.2 Å². The van der Waals surface area contributed by atoms with Gasteiger partial charge in [0.25, 0.3) is 0 Å². The summed E-state index contributed by atoms with van der Waals surface area (Å²) in [6.07, 6.45) is 5.18. The van der Waals surface area contributed by atoms with E-state index >= 15 is 0 Å². The maximum Gasteiger partial charge on any atom is 0.0834 e. The number of aliphatic hydroxyl groups is 4. The maximum absolute atomic E-state index is 11.2. The lowest BCUT2D eigenvalue weighted by atomic mass is 9.40. The SMILES string of the molecule is C=C1[C@@H]2CC[C@H]3[C@]4(C)CCCC(CO)(CO)[C@H]4C[C@H](O)[C@]3(C2)[C@H]1O. The summed E-state index contributed by atoms with van der Waals surface area (Å²) in [5.41, 5.74) is -0.0730. The molecule has 4 heteroatoms. The van der Waals surface area contributed by atoms with Crippen molar-refractivity contribution in [1.29, 1.82) is 0 Å². The summed E-state index contributed by atoms with van der Waals surface area (Å²) in [5.74, 6) is 0.689. The van der Waals surface area contributed by atoms with Gasteiger partial charge in [0.2, 0.25) is 0 Å². The number of hydrogen-bond acceptors (Lipinski definition) is 4. The van der Waals surface area contributed by atoms with Crippen molar-refractivity contribution in [3.8, 4) is 0 Å². The van der Waals surface area contributed by atoms with Gasteiger partial charge in [-0.15, -0.1) is 0 Å². The molecule has 0 saturated heterocycles. The average Bonchev–Trinajstić information content (AvgIpc) is 2.78. The molecule has 4 saturated carbocycles. The number of rotatable bonds is 2. The zero-order valence-electron chi connectivity index (χ0n) is 14.7. The molecule has 7 atom stereocenters. The smallest absolute Gasteiger partial charge is 0.0834 e. The van der Waals surface area contributed by atoms with Gasteiger partial charge < -0.3 is 20.4 Å². The van der Waals surface area contributed by atoms with E-state index in [4.69, 9.17) is 0 Å². The first-order valence-electron chi connectivity index (χ1n) is 9.62. The Bertz CT molecular complexity index is 542. The first-order chi connectivity index (χ1) is 11.4. The van der Waals surface area contributed by atoms with Gasteiger partial charge in [-0.25, -0.2) is 0 Å². The highest BCUT2D eigenvalue weighted by molar-refractivity contribution is 5.29. The zero-order chi connectivity index (χ0) is 17.3. The first-order valence-corrected chi connectivity index (χ1v) is 9.62. The Kier molecular flexibility index (Phi) is 3.75. The summed E-state index contributed by atoms with van der Waals surface area (Å²) >= 11 is 0. The molecule has 4 aliphatic rings. The number of fused-ring (bicyclic) bond motifs is 3. The molecule has 4 rings (SSSR count). The molecular weight excluding hydrogens is 304 g/mol. The molecule has 0 aliphatic heterocycles. The van der Waals surface area contributed by atoms with Crippen LogP contribution >= 0.6 is 0 Å². The van der Waals surface area contributed by atoms with Crippen LogP contribution < -0.4 is 0 Å². The van der Waals surface area contributed by atoms with Gasteiger partial charge in [-0.05, 0) is 67.3 Å². The Balaban J connectivity index is 1.81. The van der Waals surface area contributed by atoms with E-state index in [-0.39, 0.29) is 30.5 Å². The normalized spacial score (nSPS) is 52.7. The van der Waals surface area contributed by atoms with E-state index in [1.54, 1.807) is 0 Å². The van der Waals surface area contributed by atoms with E-state index < -0.39 is 23.0 Å². The topological polar surface area (TPSA) is 80.9 Å². The van der Waals surface area contributed by atoms with Crippen LogP contribution in [0.1, 0.15) is 51.9 Å². The Morgan fingerprint density at radius 3 is 2.46 bits per heavy atom. The maximum atomic E-state index is 11.2. The van der Waals surface area contributed by atoms with Crippen LogP contribution in [0.15, 0.2) is 12.2 Å². The molecular formula is C20H32O4. The molecule has 1 spiro atoms. The first kappa shape index (κ1) is 17.0. The molecule has 0 aromatic rings. The Labute approximate surface area is 144 Å². The van der Waals surface area contributed by atoms with Gasteiger partial charge in [-0.2, -0.15) is 0 Å². The van der Waals surface area contributed by atoms with Crippen LogP contribution in [-0.2, 0) is 0 Å². The van der Waals surface area contributed by atoms with Crippen LogP contribution in [0.4, 0.5) is 0 Å². The highest BCUT2D eigenvalue weighted by Gasteiger charge is 2.70. The van der Waals surface area contributed by atoms with Crippen molar-refractivity contribution >= 4 is 0 Å². The van der Waals surface area contributed by atoms with Crippen LogP contribution in [0.5, 0.6) is 0 Å². The van der Waals surface area contributed by atoms with E-state index in [9.17, 15) is 20.4 Å². The van der Waals surface area contributed by atoms with Crippen molar-refractivity contribution in [2.75, 3.05) is 13.2 Å². The predicted molar refractivity (Wildman–Crippen MR) is 91.1 cm³/mol. The largest absolute Gasteiger partial charge is 0.396 e. The van der Waals surface area contributed by atoms with E-state index in [1.807, 2.05) is 0 Å². The molecule has 0 amide bonds. The molecule has 0 aromatic heterocycles. The summed E-state index contributed by atoms with van der Waals surface area (Å²) in [5, 5.41) is 42.4. The lowest BCUT2D eigenvalue weighted by Gasteiger charge is -2.66. The van der Waals surface area contributed by atoms with E-state index in [0.717, 1.165) is 44.1 Å². The summed E-state index contributed by atoms with van der Waals surface area (Å²) in [6, 6.07) is 0. The monoisotopic (exact) mass is 336 g/mol. The molecule has 0 radical (unpaired) electrons. The van der Waals surface area contributed by atoms with Crippen LogP contribution in [0.3, 0.4) is 0 Å². The molecule has 2 bridgehead atoms. The van der Waals surface area contributed by atoms with E-state index in [2.05, 4.69) is 13.5 Å². The second-order valence-electron chi connectivity index (χ2n) is 9.46. The van der Waals surface area contributed by atoms with E-state index in [0.29, 0.717) is 12.3 Å². The predicted octanol–water partition coefficient (Wildman–Crippen LogP) is 1.86. The van der Waals surface area contributed by atoms with Gasteiger partial charge >= 0.3 is 0 Å². The molecule has 4 nitrogen and oxygen atoms in total. The fourth-order valence-electron chi connectivity index (χ4n) is 7.67. The van der Waals surface area contributed by atoms with E-state index in [1.165, 1.54) is 0 Å². The zero-order valence-corrected chi connectivity index (χ0v) is 14.7. The van der Waals surface area contributed by atoms with Crippen LogP contribution in [-0.4, -0.2) is 45.8 Å². The lowest BCUT2D eigenvalue weighted by Crippen LogP contribution is -2.65. The minimum Gasteiger partial charge on any atom is -0.396 e. The van der Waals surface area contributed by atoms with Crippen molar-refractivity contribution in [1.82, 2.24) is 0 Å². The molecule has 24 heavy (non-hydrogen) atoms. The van der Waals surface area contributed by atoms with Crippen molar-refractivity contribution < 1.29 is 20.4 Å². The highest BCUT2D eigenvalue weighted by atomic mass is 16.3.